The molecule has 28 heavy (non-hydrogen) atoms. The van der Waals surface area contributed by atoms with Gasteiger partial charge in [-0.05, 0) is 34.5 Å². The number of carbonyl (C=O) groups excluding carboxylic acids is 1. The van der Waals surface area contributed by atoms with E-state index in [9.17, 15) is 4.79 Å². The molecule has 2 heterocycles. The molecule has 7 heteroatoms. The fourth-order valence-electron chi connectivity index (χ4n) is 4.38. The van der Waals surface area contributed by atoms with E-state index >= 15 is 0 Å². The van der Waals surface area contributed by atoms with Crippen LogP contribution < -0.4 is 14.2 Å². The second kappa shape index (κ2) is 7.44. The fraction of sp³-hybridized carbons (Fsp3) is 0.476. The minimum atomic E-state index is -0.501. The Morgan fingerprint density at radius 1 is 1.07 bits per heavy atom. The van der Waals surface area contributed by atoms with Crippen molar-refractivity contribution in [1.29, 1.82) is 0 Å². The normalized spacial score (nSPS) is 23.2. The smallest absolute Gasteiger partial charge is 0.309 e. The highest BCUT2D eigenvalue weighted by molar-refractivity contribution is 9.10. The van der Waals surface area contributed by atoms with Crippen molar-refractivity contribution in [2.45, 2.75) is 44.5 Å². The summed E-state index contributed by atoms with van der Waals surface area (Å²) in [4.78, 5) is 12.0. The van der Waals surface area contributed by atoms with Gasteiger partial charge in [0, 0.05) is 16.5 Å². The SMILES string of the molecule is CCC[C@@H]1O[C@@H]2CC(=O)O[C@@H]2c2c1c(OC)c1c(OC)c(Br)ccc1c2OC. The zero-order valence-electron chi connectivity index (χ0n) is 16.3. The van der Waals surface area contributed by atoms with Crippen molar-refractivity contribution in [3.05, 3.63) is 27.7 Å². The van der Waals surface area contributed by atoms with Gasteiger partial charge in [0.05, 0.1) is 43.7 Å². The number of ether oxygens (including phenoxy) is 5. The number of rotatable bonds is 5. The summed E-state index contributed by atoms with van der Waals surface area (Å²) in [7, 11) is 4.89. The first-order valence-electron chi connectivity index (χ1n) is 9.34. The van der Waals surface area contributed by atoms with Crippen molar-refractivity contribution in [2.24, 2.45) is 0 Å². The Bertz CT molecular complexity index is 941. The second-order valence-electron chi connectivity index (χ2n) is 6.96. The summed E-state index contributed by atoms with van der Waals surface area (Å²) in [6.45, 7) is 2.10. The van der Waals surface area contributed by atoms with E-state index in [0.29, 0.717) is 17.2 Å². The Morgan fingerprint density at radius 3 is 2.43 bits per heavy atom. The quantitative estimate of drug-likeness (QED) is 0.606. The van der Waals surface area contributed by atoms with Crippen LogP contribution in [0.4, 0.5) is 0 Å². The molecule has 1 fully saturated rings. The fourth-order valence-corrected chi connectivity index (χ4v) is 4.88. The summed E-state index contributed by atoms with van der Waals surface area (Å²) < 4.78 is 30.2. The molecule has 0 spiro atoms. The molecule has 1 saturated heterocycles. The van der Waals surface area contributed by atoms with Gasteiger partial charge in [-0.25, -0.2) is 0 Å². The standard InChI is InChI=1S/C21H23BrO6/c1-5-6-12-16-17(20-13(27-12)9-14(23)28-20)18(24-2)10-7-8-11(22)19(25-3)15(10)21(16)26-4/h7-8,12-13,20H,5-6,9H2,1-4H3/t12-,13+,20-/m0/s1. The first-order chi connectivity index (χ1) is 13.5. The average molecular weight is 451 g/mol. The van der Waals surface area contributed by atoms with Crippen LogP contribution in [-0.4, -0.2) is 33.4 Å². The van der Waals surface area contributed by atoms with E-state index in [4.69, 9.17) is 23.7 Å². The molecular formula is C21H23BrO6. The Hall–Kier alpha value is -1.99. The first-order valence-corrected chi connectivity index (χ1v) is 10.1. The van der Waals surface area contributed by atoms with Crippen molar-refractivity contribution in [3.63, 3.8) is 0 Å². The molecule has 0 N–H and O–H groups in total. The van der Waals surface area contributed by atoms with E-state index in [1.807, 2.05) is 12.1 Å². The van der Waals surface area contributed by atoms with E-state index < -0.39 is 6.10 Å². The predicted molar refractivity (Wildman–Crippen MR) is 107 cm³/mol. The highest BCUT2D eigenvalue weighted by Crippen LogP contribution is 2.56. The second-order valence-corrected chi connectivity index (χ2v) is 7.82. The van der Waals surface area contributed by atoms with Gasteiger partial charge in [-0.1, -0.05) is 13.3 Å². The highest BCUT2D eigenvalue weighted by Gasteiger charge is 2.48. The maximum atomic E-state index is 12.0. The largest absolute Gasteiger partial charge is 0.496 e. The van der Waals surface area contributed by atoms with Crippen LogP contribution in [0.5, 0.6) is 17.2 Å². The summed E-state index contributed by atoms with van der Waals surface area (Å²) in [5, 5.41) is 1.65. The monoisotopic (exact) mass is 450 g/mol. The number of benzene rings is 2. The highest BCUT2D eigenvalue weighted by atomic mass is 79.9. The third-order valence-electron chi connectivity index (χ3n) is 5.43. The van der Waals surface area contributed by atoms with E-state index in [2.05, 4.69) is 22.9 Å². The van der Waals surface area contributed by atoms with Crippen LogP contribution >= 0.6 is 15.9 Å². The molecule has 0 amide bonds. The van der Waals surface area contributed by atoms with Crippen LogP contribution in [0.2, 0.25) is 0 Å². The number of halogens is 1. The molecular weight excluding hydrogens is 428 g/mol. The summed E-state index contributed by atoms with van der Waals surface area (Å²) in [6, 6.07) is 3.87. The van der Waals surface area contributed by atoms with E-state index in [0.717, 1.165) is 39.2 Å². The number of carbonyl (C=O) groups is 1. The lowest BCUT2D eigenvalue weighted by molar-refractivity contribution is -0.143. The minimum absolute atomic E-state index is 0.215. The predicted octanol–water partition coefficient (Wildman–Crippen LogP) is 4.86. The summed E-state index contributed by atoms with van der Waals surface area (Å²) in [6.07, 6.45) is 0.940. The number of hydrogen-bond donors (Lipinski definition) is 0. The molecule has 6 nitrogen and oxygen atoms in total. The van der Waals surface area contributed by atoms with Crippen molar-refractivity contribution < 1.29 is 28.5 Å². The lowest BCUT2D eigenvalue weighted by Crippen LogP contribution is -2.29. The van der Waals surface area contributed by atoms with Crippen molar-refractivity contribution in [2.75, 3.05) is 21.3 Å². The van der Waals surface area contributed by atoms with Gasteiger partial charge in [0.15, 0.2) is 6.10 Å². The molecule has 0 aromatic heterocycles. The van der Waals surface area contributed by atoms with Crippen LogP contribution in [0.1, 0.15) is 49.5 Å². The minimum Gasteiger partial charge on any atom is -0.496 e. The molecule has 2 aliphatic heterocycles. The summed E-state index contributed by atoms with van der Waals surface area (Å²) >= 11 is 3.56. The van der Waals surface area contributed by atoms with Gasteiger partial charge in [-0.3, -0.25) is 4.79 Å². The molecule has 0 bridgehead atoms. The van der Waals surface area contributed by atoms with Gasteiger partial charge in [0.1, 0.15) is 23.4 Å². The maximum absolute atomic E-state index is 12.0. The summed E-state index contributed by atoms with van der Waals surface area (Å²) in [5.41, 5.74) is 1.72. The molecule has 0 unspecified atom stereocenters. The lowest BCUT2D eigenvalue weighted by Gasteiger charge is -2.36. The number of esters is 1. The molecule has 2 aliphatic rings. The third kappa shape index (κ3) is 2.75. The van der Waals surface area contributed by atoms with Gasteiger partial charge < -0.3 is 23.7 Å². The van der Waals surface area contributed by atoms with Crippen LogP contribution in [0.25, 0.3) is 10.8 Å². The molecule has 2 aromatic carbocycles. The van der Waals surface area contributed by atoms with Gasteiger partial charge >= 0.3 is 5.97 Å². The van der Waals surface area contributed by atoms with Gasteiger partial charge in [-0.2, -0.15) is 0 Å². The van der Waals surface area contributed by atoms with Crippen LogP contribution in [-0.2, 0) is 14.3 Å². The van der Waals surface area contributed by atoms with Gasteiger partial charge in [-0.15, -0.1) is 0 Å². The molecule has 0 saturated carbocycles. The molecule has 0 radical (unpaired) electrons. The third-order valence-corrected chi connectivity index (χ3v) is 6.06. The van der Waals surface area contributed by atoms with E-state index in [1.165, 1.54) is 0 Å². The Kier molecular flexibility index (Phi) is 5.14. The molecule has 2 aromatic rings. The van der Waals surface area contributed by atoms with Crippen LogP contribution in [0, 0.1) is 0 Å². The van der Waals surface area contributed by atoms with E-state index in [-0.39, 0.29) is 24.6 Å². The molecule has 0 aliphatic carbocycles. The Balaban J connectivity index is 2.13. The van der Waals surface area contributed by atoms with Gasteiger partial charge in [0.2, 0.25) is 0 Å². The van der Waals surface area contributed by atoms with Crippen LogP contribution in [0.3, 0.4) is 0 Å². The number of fused-ring (bicyclic) bond motifs is 4. The van der Waals surface area contributed by atoms with Crippen molar-refractivity contribution >= 4 is 32.7 Å². The molecule has 4 rings (SSSR count). The molecule has 150 valence electrons. The van der Waals surface area contributed by atoms with E-state index in [1.54, 1.807) is 21.3 Å². The van der Waals surface area contributed by atoms with Crippen molar-refractivity contribution in [3.8, 4) is 17.2 Å². The molecule has 3 atom stereocenters. The Morgan fingerprint density at radius 2 is 1.79 bits per heavy atom. The number of methoxy groups -OCH3 is 3. The lowest BCUT2D eigenvalue weighted by atomic mass is 9.85. The Labute approximate surface area is 172 Å². The first kappa shape index (κ1) is 19.3. The van der Waals surface area contributed by atoms with Crippen LogP contribution in [0.15, 0.2) is 16.6 Å². The zero-order valence-corrected chi connectivity index (χ0v) is 17.9. The maximum Gasteiger partial charge on any atom is 0.309 e. The zero-order chi connectivity index (χ0) is 20.0. The number of hydrogen-bond acceptors (Lipinski definition) is 6. The topological polar surface area (TPSA) is 63.2 Å². The summed E-state index contributed by atoms with van der Waals surface area (Å²) in [5.74, 6) is 1.75. The van der Waals surface area contributed by atoms with Gasteiger partial charge in [0.25, 0.3) is 0 Å². The average Bonchev–Trinajstić information content (AvgIpc) is 3.06. The van der Waals surface area contributed by atoms with Crippen molar-refractivity contribution in [1.82, 2.24) is 0 Å².